The zero-order valence-electron chi connectivity index (χ0n) is 9.00. The molecular formula is C13H9N3O. The molecule has 0 bridgehead atoms. The molecule has 0 spiro atoms. The van der Waals surface area contributed by atoms with Gasteiger partial charge in [0.1, 0.15) is 12.1 Å². The van der Waals surface area contributed by atoms with Crippen molar-refractivity contribution in [2.75, 3.05) is 0 Å². The Morgan fingerprint density at radius 1 is 1.12 bits per heavy atom. The van der Waals surface area contributed by atoms with Crippen LogP contribution in [0.2, 0.25) is 0 Å². The van der Waals surface area contributed by atoms with Gasteiger partial charge in [-0.2, -0.15) is 9.78 Å². The first-order valence-corrected chi connectivity index (χ1v) is 5.48. The molecule has 0 atom stereocenters. The third kappa shape index (κ3) is 1.12. The molecule has 0 saturated carbocycles. The summed E-state index contributed by atoms with van der Waals surface area (Å²) < 4.78 is 7.57. The van der Waals surface area contributed by atoms with Crippen LogP contribution in [0.15, 0.2) is 42.6 Å². The van der Waals surface area contributed by atoms with Gasteiger partial charge in [0.15, 0.2) is 5.52 Å². The lowest BCUT2D eigenvalue weighted by Crippen LogP contribution is -2.12. The molecule has 4 nitrogen and oxygen atoms in total. The summed E-state index contributed by atoms with van der Waals surface area (Å²) in [5.74, 6) is 0.735. The summed E-state index contributed by atoms with van der Waals surface area (Å²) >= 11 is 0. The van der Waals surface area contributed by atoms with E-state index < -0.39 is 0 Å². The van der Waals surface area contributed by atoms with Crippen LogP contribution in [0.3, 0.4) is 0 Å². The Morgan fingerprint density at radius 2 is 2.06 bits per heavy atom. The van der Waals surface area contributed by atoms with Gasteiger partial charge < -0.3 is 4.74 Å². The van der Waals surface area contributed by atoms with Crippen molar-refractivity contribution in [3.05, 3.63) is 48.2 Å². The van der Waals surface area contributed by atoms with Crippen LogP contribution in [-0.4, -0.2) is 14.8 Å². The van der Waals surface area contributed by atoms with Gasteiger partial charge in [-0.05, 0) is 18.2 Å². The van der Waals surface area contributed by atoms with Crippen molar-refractivity contribution in [2.45, 2.75) is 6.61 Å². The molecule has 2 aromatic heterocycles. The highest BCUT2D eigenvalue weighted by Gasteiger charge is 2.21. The lowest BCUT2D eigenvalue weighted by atomic mass is 10.2. The molecule has 4 heteroatoms. The van der Waals surface area contributed by atoms with Crippen molar-refractivity contribution in [2.24, 2.45) is 0 Å². The summed E-state index contributed by atoms with van der Waals surface area (Å²) in [5, 5.41) is 4.52. The monoisotopic (exact) mass is 223 g/mol. The molecule has 0 saturated heterocycles. The number of fused-ring (bicyclic) bond motifs is 5. The van der Waals surface area contributed by atoms with E-state index in [9.17, 15) is 0 Å². The predicted molar refractivity (Wildman–Crippen MR) is 63.2 cm³/mol. The Bertz CT molecular complexity index is 718. The quantitative estimate of drug-likeness (QED) is 0.587. The Labute approximate surface area is 97.5 Å². The van der Waals surface area contributed by atoms with Crippen molar-refractivity contribution < 1.29 is 4.74 Å². The number of ether oxygens (including phenoxy) is 1. The van der Waals surface area contributed by atoms with Gasteiger partial charge in [-0.1, -0.05) is 18.2 Å². The number of nitrogens with zero attached hydrogens (tertiary/aromatic N) is 3. The molecule has 3 heterocycles. The van der Waals surface area contributed by atoms with Crippen molar-refractivity contribution in [3.63, 3.8) is 0 Å². The second-order valence-corrected chi connectivity index (χ2v) is 4.01. The zero-order chi connectivity index (χ0) is 11.2. The molecule has 1 aromatic carbocycles. The van der Waals surface area contributed by atoms with Gasteiger partial charge >= 0.3 is 0 Å². The van der Waals surface area contributed by atoms with Crippen molar-refractivity contribution >= 4 is 11.0 Å². The summed E-state index contributed by atoms with van der Waals surface area (Å²) in [4.78, 5) is 4.32. The number of pyridine rings is 1. The first-order valence-electron chi connectivity index (χ1n) is 5.48. The molecular weight excluding hydrogens is 214 g/mol. The fraction of sp³-hybridized carbons (Fsp3) is 0.0769. The van der Waals surface area contributed by atoms with Crippen LogP contribution in [0.25, 0.3) is 16.7 Å². The lowest BCUT2D eigenvalue weighted by Gasteiger charge is -2.18. The SMILES string of the molecule is c1ccc2c(c1)COc1c3ncccc3nn1-2. The van der Waals surface area contributed by atoms with Crippen LogP contribution in [-0.2, 0) is 6.61 Å². The van der Waals surface area contributed by atoms with E-state index in [0.29, 0.717) is 6.61 Å². The van der Waals surface area contributed by atoms with E-state index in [-0.39, 0.29) is 0 Å². The maximum atomic E-state index is 5.74. The number of hydrogen-bond acceptors (Lipinski definition) is 3. The van der Waals surface area contributed by atoms with Gasteiger partial charge in [-0.3, -0.25) is 0 Å². The maximum absolute atomic E-state index is 5.74. The molecule has 3 aromatic rings. The summed E-state index contributed by atoms with van der Waals surface area (Å²) in [6.45, 7) is 0.577. The maximum Gasteiger partial charge on any atom is 0.244 e. The van der Waals surface area contributed by atoms with Gasteiger partial charge in [0.2, 0.25) is 5.88 Å². The zero-order valence-corrected chi connectivity index (χ0v) is 9.00. The van der Waals surface area contributed by atoms with E-state index in [2.05, 4.69) is 16.1 Å². The molecule has 0 radical (unpaired) electrons. The molecule has 1 aliphatic heterocycles. The normalized spacial score (nSPS) is 12.9. The van der Waals surface area contributed by atoms with Crippen molar-refractivity contribution in [3.8, 4) is 11.6 Å². The number of rotatable bonds is 0. The van der Waals surface area contributed by atoms with E-state index in [1.54, 1.807) is 6.20 Å². The smallest absolute Gasteiger partial charge is 0.244 e. The highest BCUT2D eigenvalue weighted by atomic mass is 16.5. The van der Waals surface area contributed by atoms with Crippen LogP contribution in [0.1, 0.15) is 5.56 Å². The molecule has 0 amide bonds. The van der Waals surface area contributed by atoms with Crippen molar-refractivity contribution in [1.82, 2.24) is 14.8 Å². The fourth-order valence-electron chi connectivity index (χ4n) is 2.17. The van der Waals surface area contributed by atoms with E-state index in [0.717, 1.165) is 28.2 Å². The minimum absolute atomic E-state index is 0.577. The van der Waals surface area contributed by atoms with E-state index in [1.807, 2.05) is 35.0 Å². The number of hydrogen-bond donors (Lipinski definition) is 0. The molecule has 1 aliphatic rings. The standard InChI is InChI=1S/C13H9N3O/c1-2-6-11-9(4-1)8-17-13-12-10(15-16(11)13)5-3-7-14-12/h1-7H,8H2. The van der Waals surface area contributed by atoms with Crippen LogP contribution < -0.4 is 4.74 Å². The average Bonchev–Trinajstić information content (AvgIpc) is 2.78. The first-order chi connectivity index (χ1) is 8.43. The van der Waals surface area contributed by atoms with Crippen LogP contribution in [0.4, 0.5) is 0 Å². The topological polar surface area (TPSA) is 39.9 Å². The molecule has 82 valence electrons. The predicted octanol–water partition coefficient (Wildman–Crippen LogP) is 2.31. The summed E-state index contributed by atoms with van der Waals surface area (Å²) in [5.41, 5.74) is 3.90. The Morgan fingerprint density at radius 3 is 3.06 bits per heavy atom. The second kappa shape index (κ2) is 3.07. The molecule has 0 unspecified atom stereocenters. The Kier molecular flexibility index (Phi) is 1.58. The summed E-state index contributed by atoms with van der Waals surface area (Å²) in [6.07, 6.45) is 1.76. The fourth-order valence-corrected chi connectivity index (χ4v) is 2.17. The third-order valence-electron chi connectivity index (χ3n) is 2.97. The first kappa shape index (κ1) is 8.75. The second-order valence-electron chi connectivity index (χ2n) is 4.01. The molecule has 17 heavy (non-hydrogen) atoms. The van der Waals surface area contributed by atoms with Crippen LogP contribution in [0.5, 0.6) is 5.88 Å². The Balaban J connectivity index is 2.10. The van der Waals surface area contributed by atoms with Crippen LogP contribution >= 0.6 is 0 Å². The van der Waals surface area contributed by atoms with Gasteiger partial charge in [-0.25, -0.2) is 4.98 Å². The summed E-state index contributed by atoms with van der Waals surface area (Å²) in [7, 11) is 0. The van der Waals surface area contributed by atoms with Gasteiger partial charge in [0.25, 0.3) is 0 Å². The van der Waals surface area contributed by atoms with Gasteiger partial charge in [-0.15, -0.1) is 0 Å². The van der Waals surface area contributed by atoms with Crippen molar-refractivity contribution in [1.29, 1.82) is 0 Å². The highest BCUT2D eigenvalue weighted by molar-refractivity contribution is 5.81. The van der Waals surface area contributed by atoms with Crippen LogP contribution in [0, 0.1) is 0 Å². The van der Waals surface area contributed by atoms with E-state index >= 15 is 0 Å². The van der Waals surface area contributed by atoms with Gasteiger partial charge in [0.05, 0.1) is 5.69 Å². The largest absolute Gasteiger partial charge is 0.471 e. The summed E-state index contributed by atoms with van der Waals surface area (Å²) in [6, 6.07) is 11.9. The van der Waals surface area contributed by atoms with Gasteiger partial charge in [0, 0.05) is 11.8 Å². The minimum Gasteiger partial charge on any atom is -0.471 e. The van der Waals surface area contributed by atoms with E-state index in [4.69, 9.17) is 4.74 Å². The number of para-hydroxylation sites is 1. The minimum atomic E-state index is 0.577. The number of aromatic nitrogens is 3. The lowest BCUT2D eigenvalue weighted by molar-refractivity contribution is 0.273. The Hall–Kier alpha value is -2.36. The van der Waals surface area contributed by atoms with E-state index in [1.165, 1.54) is 0 Å². The molecule has 0 fully saturated rings. The molecule has 0 N–H and O–H groups in total. The molecule has 0 aliphatic carbocycles. The third-order valence-corrected chi connectivity index (χ3v) is 2.97. The molecule has 4 rings (SSSR count). The highest BCUT2D eigenvalue weighted by Crippen LogP contribution is 2.32. The number of benzene rings is 1. The average molecular weight is 223 g/mol.